The van der Waals surface area contributed by atoms with Crippen molar-refractivity contribution in [2.24, 2.45) is 0 Å². The van der Waals surface area contributed by atoms with E-state index in [2.05, 4.69) is 21.1 Å². The monoisotopic (exact) mass is 259 g/mol. The Morgan fingerprint density at radius 2 is 2.29 bits per heavy atom. The van der Waals surface area contributed by atoms with Crippen LogP contribution in [0.25, 0.3) is 11.0 Å². The van der Waals surface area contributed by atoms with Crippen molar-refractivity contribution in [2.75, 3.05) is 0 Å². The highest BCUT2D eigenvalue weighted by molar-refractivity contribution is 9.10. The van der Waals surface area contributed by atoms with Crippen LogP contribution < -0.4 is 0 Å². The molecule has 0 spiro atoms. The van der Waals surface area contributed by atoms with Crippen LogP contribution in [0.3, 0.4) is 0 Å². The van der Waals surface area contributed by atoms with Gasteiger partial charge < -0.3 is 9.63 Å². The molecule has 14 heavy (non-hydrogen) atoms. The molecule has 0 unspecified atom stereocenters. The Morgan fingerprint density at radius 1 is 1.57 bits per heavy atom. The highest BCUT2D eigenvalue weighted by atomic mass is 79.9. The largest absolute Gasteiger partial charge is 0.478 e. The number of hydrogen-bond acceptors (Lipinski definition) is 3. The van der Waals surface area contributed by atoms with Crippen molar-refractivity contribution in [1.82, 2.24) is 5.16 Å². The Balaban J connectivity index is 2.79. The molecular weight excluding hydrogens is 257 g/mol. The molecule has 2 aromatic rings. The molecule has 0 amide bonds. The first-order valence-corrected chi connectivity index (χ1v) is 4.36. The van der Waals surface area contributed by atoms with Crippen LogP contribution in [0.1, 0.15) is 10.4 Å². The zero-order chi connectivity index (χ0) is 10.3. The molecule has 4 nitrogen and oxygen atoms in total. The SMILES string of the molecule is O=C(O)c1cc2onc(Br)c2cc1F. The second kappa shape index (κ2) is 3.06. The molecule has 0 aliphatic carbocycles. The highest BCUT2D eigenvalue weighted by Gasteiger charge is 2.15. The summed E-state index contributed by atoms with van der Waals surface area (Å²) in [7, 11) is 0. The van der Waals surface area contributed by atoms with E-state index in [0.717, 1.165) is 12.1 Å². The molecular formula is C8H3BrFNO3. The summed E-state index contributed by atoms with van der Waals surface area (Å²) in [5.41, 5.74) is -0.197. The second-order valence-electron chi connectivity index (χ2n) is 2.61. The lowest BCUT2D eigenvalue weighted by Gasteiger charge is -1.95. The molecule has 0 saturated heterocycles. The van der Waals surface area contributed by atoms with Gasteiger partial charge in [-0.1, -0.05) is 5.16 Å². The predicted molar refractivity (Wildman–Crippen MR) is 48.6 cm³/mol. The Morgan fingerprint density at radius 3 is 2.93 bits per heavy atom. The van der Waals surface area contributed by atoms with Gasteiger partial charge in [0.25, 0.3) is 0 Å². The van der Waals surface area contributed by atoms with Crippen molar-refractivity contribution in [3.63, 3.8) is 0 Å². The molecule has 6 heteroatoms. The Bertz CT molecular complexity index is 523. The molecule has 1 aromatic carbocycles. The van der Waals surface area contributed by atoms with Gasteiger partial charge in [-0.2, -0.15) is 0 Å². The first kappa shape index (κ1) is 9.14. The third-order valence-electron chi connectivity index (χ3n) is 1.75. The normalized spacial score (nSPS) is 10.7. The zero-order valence-electron chi connectivity index (χ0n) is 6.62. The summed E-state index contributed by atoms with van der Waals surface area (Å²) < 4.78 is 18.3. The first-order chi connectivity index (χ1) is 6.59. The maximum absolute atomic E-state index is 13.2. The first-order valence-electron chi connectivity index (χ1n) is 3.57. The molecule has 0 aliphatic rings. The number of hydrogen-bond donors (Lipinski definition) is 1. The van der Waals surface area contributed by atoms with Crippen LogP contribution in [0.5, 0.6) is 0 Å². The van der Waals surface area contributed by atoms with Crippen molar-refractivity contribution in [3.8, 4) is 0 Å². The van der Waals surface area contributed by atoms with Gasteiger partial charge in [-0.25, -0.2) is 9.18 Å². The van der Waals surface area contributed by atoms with Gasteiger partial charge in [-0.15, -0.1) is 0 Å². The third-order valence-corrected chi connectivity index (χ3v) is 2.32. The lowest BCUT2D eigenvalue weighted by atomic mass is 10.1. The van der Waals surface area contributed by atoms with Crippen LogP contribution in [-0.2, 0) is 0 Å². The van der Waals surface area contributed by atoms with Gasteiger partial charge in [0.15, 0.2) is 10.2 Å². The summed E-state index contributed by atoms with van der Waals surface area (Å²) >= 11 is 3.04. The van der Waals surface area contributed by atoms with E-state index in [-0.39, 0.29) is 5.58 Å². The van der Waals surface area contributed by atoms with Crippen LogP contribution >= 0.6 is 15.9 Å². The number of carboxylic acid groups (broad SMARTS) is 1. The van der Waals surface area contributed by atoms with Crippen LogP contribution in [0.4, 0.5) is 4.39 Å². The van der Waals surface area contributed by atoms with E-state index in [1.54, 1.807) is 0 Å². The molecule has 72 valence electrons. The number of halogens is 2. The Kier molecular flexibility index (Phi) is 1.99. The van der Waals surface area contributed by atoms with Gasteiger partial charge in [-0.05, 0) is 22.0 Å². The summed E-state index contributed by atoms with van der Waals surface area (Å²) in [4.78, 5) is 10.6. The van der Waals surface area contributed by atoms with Gasteiger partial charge in [0.1, 0.15) is 5.82 Å². The van der Waals surface area contributed by atoms with Gasteiger partial charge in [-0.3, -0.25) is 0 Å². The summed E-state index contributed by atoms with van der Waals surface area (Å²) in [5, 5.41) is 12.5. The molecule has 0 aliphatic heterocycles. The summed E-state index contributed by atoms with van der Waals surface area (Å²) in [6, 6.07) is 2.17. The Labute approximate surface area is 85.4 Å². The third kappa shape index (κ3) is 1.27. The summed E-state index contributed by atoms with van der Waals surface area (Å²) in [6.45, 7) is 0. The maximum atomic E-state index is 13.2. The van der Waals surface area contributed by atoms with Crippen LogP contribution in [0.15, 0.2) is 21.3 Å². The molecule has 0 saturated carbocycles. The fourth-order valence-corrected chi connectivity index (χ4v) is 1.47. The number of carbonyl (C=O) groups is 1. The van der Waals surface area contributed by atoms with Gasteiger partial charge in [0, 0.05) is 6.07 Å². The molecule has 1 aromatic heterocycles. The maximum Gasteiger partial charge on any atom is 0.338 e. The minimum atomic E-state index is -1.34. The molecule has 1 N–H and O–H groups in total. The number of aromatic nitrogens is 1. The van der Waals surface area contributed by atoms with Gasteiger partial charge in [0.05, 0.1) is 10.9 Å². The second-order valence-corrected chi connectivity index (χ2v) is 3.36. The molecule has 0 radical (unpaired) electrons. The molecule has 0 atom stereocenters. The number of aromatic carboxylic acids is 1. The summed E-state index contributed by atoms with van der Waals surface area (Å²) in [6.07, 6.45) is 0. The van der Waals surface area contributed by atoms with Gasteiger partial charge >= 0.3 is 5.97 Å². The van der Waals surface area contributed by atoms with E-state index >= 15 is 0 Å². The van der Waals surface area contributed by atoms with Crippen LogP contribution in [0.2, 0.25) is 0 Å². The zero-order valence-corrected chi connectivity index (χ0v) is 8.21. The van der Waals surface area contributed by atoms with E-state index in [1.807, 2.05) is 0 Å². The van der Waals surface area contributed by atoms with E-state index in [9.17, 15) is 9.18 Å². The van der Waals surface area contributed by atoms with Crippen molar-refractivity contribution in [2.45, 2.75) is 0 Å². The van der Waals surface area contributed by atoms with Crippen LogP contribution in [-0.4, -0.2) is 16.2 Å². The predicted octanol–water partition coefficient (Wildman–Crippen LogP) is 2.43. The fraction of sp³-hybridized carbons (Fsp3) is 0. The smallest absolute Gasteiger partial charge is 0.338 e. The lowest BCUT2D eigenvalue weighted by Crippen LogP contribution is -1.99. The molecule has 0 bridgehead atoms. The van der Waals surface area contributed by atoms with E-state index in [4.69, 9.17) is 9.63 Å². The molecule has 2 rings (SSSR count). The van der Waals surface area contributed by atoms with Crippen molar-refractivity contribution < 1.29 is 18.8 Å². The number of rotatable bonds is 1. The standard InChI is InChI=1S/C8H3BrFNO3/c9-7-4-1-5(10)3(8(12)13)2-6(4)14-11-7/h1-2H,(H,12,13). The van der Waals surface area contributed by atoms with E-state index in [1.165, 1.54) is 0 Å². The Hall–Kier alpha value is -1.43. The number of carboxylic acids is 1. The van der Waals surface area contributed by atoms with Crippen molar-refractivity contribution in [3.05, 3.63) is 28.1 Å². The number of nitrogens with zero attached hydrogens (tertiary/aromatic N) is 1. The molecule has 0 fully saturated rings. The molecule has 1 heterocycles. The summed E-state index contributed by atoms with van der Waals surface area (Å²) in [5.74, 6) is -2.15. The number of fused-ring (bicyclic) bond motifs is 1. The van der Waals surface area contributed by atoms with Crippen molar-refractivity contribution >= 4 is 32.9 Å². The average molecular weight is 260 g/mol. The van der Waals surface area contributed by atoms with Crippen molar-refractivity contribution in [1.29, 1.82) is 0 Å². The topological polar surface area (TPSA) is 63.3 Å². The minimum Gasteiger partial charge on any atom is -0.478 e. The number of benzene rings is 1. The van der Waals surface area contributed by atoms with E-state index < -0.39 is 17.3 Å². The quantitative estimate of drug-likeness (QED) is 0.855. The average Bonchev–Trinajstić information content (AvgIpc) is 2.46. The minimum absolute atomic E-state index is 0.232. The highest BCUT2D eigenvalue weighted by Crippen LogP contribution is 2.25. The fourth-order valence-electron chi connectivity index (χ4n) is 1.09. The van der Waals surface area contributed by atoms with Crippen LogP contribution in [0, 0.1) is 5.82 Å². The van der Waals surface area contributed by atoms with E-state index in [0.29, 0.717) is 9.99 Å². The van der Waals surface area contributed by atoms with Gasteiger partial charge in [0.2, 0.25) is 0 Å². The lowest BCUT2D eigenvalue weighted by molar-refractivity contribution is 0.0692.